The Hall–Kier alpha value is -2.41. The Bertz CT molecular complexity index is 1130. The standard InChI is InChI=1S/C20H16Cl2N2O3S/c1-28(26,27)15-7-5-13(18(22)12-15)10-20(25)24-14-6-8-17(21)16(11-14)19-4-2-3-9-23-19/h2-9,11-12H,10H2,1H3,(H,24,25). The predicted octanol–water partition coefficient (Wildman–Crippen LogP) is 4.64. The third-order valence-electron chi connectivity index (χ3n) is 3.99. The zero-order chi connectivity index (χ0) is 20.3. The molecule has 0 radical (unpaired) electrons. The number of pyridine rings is 1. The van der Waals surface area contributed by atoms with E-state index in [1.165, 1.54) is 12.1 Å². The zero-order valence-corrected chi connectivity index (χ0v) is 17.1. The molecule has 0 bridgehead atoms. The first-order chi connectivity index (χ1) is 13.2. The molecule has 1 amide bonds. The second kappa shape index (κ2) is 8.31. The molecule has 2 aromatic carbocycles. The van der Waals surface area contributed by atoms with Gasteiger partial charge in [0.15, 0.2) is 9.84 Å². The molecular formula is C20H16Cl2N2O3S. The number of hydrogen-bond acceptors (Lipinski definition) is 4. The topological polar surface area (TPSA) is 76.1 Å². The molecule has 5 nitrogen and oxygen atoms in total. The van der Waals surface area contributed by atoms with Crippen molar-refractivity contribution in [1.29, 1.82) is 0 Å². The van der Waals surface area contributed by atoms with E-state index in [-0.39, 0.29) is 22.2 Å². The summed E-state index contributed by atoms with van der Waals surface area (Å²) in [5, 5.41) is 3.55. The second-order valence-electron chi connectivity index (χ2n) is 6.16. The van der Waals surface area contributed by atoms with Crippen molar-refractivity contribution in [3.8, 4) is 11.3 Å². The summed E-state index contributed by atoms with van der Waals surface area (Å²) in [6.07, 6.45) is 2.77. The Labute approximate surface area is 173 Å². The molecule has 144 valence electrons. The summed E-state index contributed by atoms with van der Waals surface area (Å²) < 4.78 is 23.2. The maximum atomic E-state index is 12.4. The largest absolute Gasteiger partial charge is 0.326 e. The molecule has 0 fully saturated rings. The number of aromatic nitrogens is 1. The van der Waals surface area contributed by atoms with Crippen LogP contribution in [0, 0.1) is 0 Å². The van der Waals surface area contributed by atoms with Gasteiger partial charge in [0, 0.05) is 28.7 Å². The summed E-state index contributed by atoms with van der Waals surface area (Å²) >= 11 is 12.4. The van der Waals surface area contributed by atoms with Crippen molar-refractivity contribution in [2.45, 2.75) is 11.3 Å². The lowest BCUT2D eigenvalue weighted by molar-refractivity contribution is -0.115. The lowest BCUT2D eigenvalue weighted by atomic mass is 10.1. The van der Waals surface area contributed by atoms with Crippen LogP contribution in [0.25, 0.3) is 11.3 Å². The number of rotatable bonds is 5. The quantitative estimate of drug-likeness (QED) is 0.634. The van der Waals surface area contributed by atoms with Gasteiger partial charge in [0.1, 0.15) is 0 Å². The summed E-state index contributed by atoms with van der Waals surface area (Å²) in [7, 11) is -3.36. The Balaban J connectivity index is 1.77. The number of anilines is 1. The fourth-order valence-corrected chi connectivity index (χ4v) is 3.78. The molecule has 0 spiro atoms. The van der Waals surface area contributed by atoms with Gasteiger partial charge >= 0.3 is 0 Å². The van der Waals surface area contributed by atoms with Crippen molar-refractivity contribution in [3.63, 3.8) is 0 Å². The van der Waals surface area contributed by atoms with Crippen molar-refractivity contribution in [2.75, 3.05) is 11.6 Å². The fourth-order valence-electron chi connectivity index (χ4n) is 2.60. The fraction of sp³-hybridized carbons (Fsp3) is 0.100. The molecule has 0 aliphatic rings. The van der Waals surface area contributed by atoms with Crippen LogP contribution in [0.3, 0.4) is 0 Å². The molecule has 3 aromatic rings. The van der Waals surface area contributed by atoms with Gasteiger partial charge < -0.3 is 5.32 Å². The van der Waals surface area contributed by atoms with E-state index in [0.29, 0.717) is 27.5 Å². The average Bonchev–Trinajstić information content (AvgIpc) is 2.65. The van der Waals surface area contributed by atoms with Crippen molar-refractivity contribution in [1.82, 2.24) is 4.98 Å². The Morgan fingerprint density at radius 2 is 1.82 bits per heavy atom. The first kappa shape index (κ1) is 20.3. The molecule has 1 N–H and O–H groups in total. The van der Waals surface area contributed by atoms with Crippen LogP contribution in [0.1, 0.15) is 5.56 Å². The van der Waals surface area contributed by atoms with Crippen molar-refractivity contribution in [2.24, 2.45) is 0 Å². The number of amides is 1. The lowest BCUT2D eigenvalue weighted by Gasteiger charge is -2.10. The van der Waals surface area contributed by atoms with Crippen LogP contribution in [0.2, 0.25) is 10.0 Å². The minimum atomic E-state index is -3.36. The van der Waals surface area contributed by atoms with Crippen LogP contribution in [-0.2, 0) is 21.1 Å². The maximum absolute atomic E-state index is 12.4. The van der Waals surface area contributed by atoms with Gasteiger partial charge in [-0.3, -0.25) is 9.78 Å². The molecule has 3 rings (SSSR count). The number of sulfone groups is 1. The first-order valence-electron chi connectivity index (χ1n) is 8.23. The van der Waals surface area contributed by atoms with Crippen molar-refractivity contribution >= 4 is 44.6 Å². The number of carbonyl (C=O) groups is 1. The summed E-state index contributed by atoms with van der Waals surface area (Å²) in [4.78, 5) is 16.8. The van der Waals surface area contributed by atoms with Crippen LogP contribution in [0.4, 0.5) is 5.69 Å². The molecule has 0 saturated heterocycles. The average molecular weight is 435 g/mol. The first-order valence-corrected chi connectivity index (χ1v) is 10.9. The third-order valence-corrected chi connectivity index (χ3v) is 5.79. The number of carbonyl (C=O) groups excluding carboxylic acids is 1. The van der Waals surface area contributed by atoms with Gasteiger partial charge in [0.25, 0.3) is 0 Å². The van der Waals surface area contributed by atoms with Gasteiger partial charge in [-0.2, -0.15) is 0 Å². The number of halogens is 2. The normalized spacial score (nSPS) is 11.2. The molecule has 0 unspecified atom stereocenters. The summed E-state index contributed by atoms with van der Waals surface area (Å²) in [5.41, 5.74) is 2.50. The van der Waals surface area contributed by atoms with Gasteiger partial charge in [0.05, 0.1) is 22.0 Å². The summed E-state index contributed by atoms with van der Waals surface area (Å²) in [6.45, 7) is 0. The highest BCUT2D eigenvalue weighted by molar-refractivity contribution is 7.90. The molecule has 1 aromatic heterocycles. The predicted molar refractivity (Wildman–Crippen MR) is 112 cm³/mol. The van der Waals surface area contributed by atoms with E-state index in [0.717, 1.165) is 6.26 Å². The van der Waals surface area contributed by atoms with Crippen molar-refractivity contribution < 1.29 is 13.2 Å². The summed E-state index contributed by atoms with van der Waals surface area (Å²) in [6, 6.07) is 14.9. The Kier molecular flexibility index (Phi) is 6.03. The molecule has 8 heteroatoms. The monoisotopic (exact) mass is 434 g/mol. The molecular weight excluding hydrogens is 419 g/mol. The smallest absolute Gasteiger partial charge is 0.228 e. The molecule has 28 heavy (non-hydrogen) atoms. The molecule has 0 saturated carbocycles. The molecule has 0 aliphatic carbocycles. The minimum Gasteiger partial charge on any atom is -0.326 e. The van der Waals surface area contributed by atoms with Crippen LogP contribution >= 0.6 is 23.2 Å². The third kappa shape index (κ3) is 4.90. The van der Waals surface area contributed by atoms with Crippen LogP contribution in [0.15, 0.2) is 65.7 Å². The molecule has 0 aliphatic heterocycles. The second-order valence-corrected chi connectivity index (χ2v) is 8.99. The number of benzene rings is 2. The minimum absolute atomic E-state index is 0.00439. The summed E-state index contributed by atoms with van der Waals surface area (Å²) in [5.74, 6) is -0.289. The highest BCUT2D eigenvalue weighted by Gasteiger charge is 2.13. The van der Waals surface area contributed by atoms with E-state index in [9.17, 15) is 13.2 Å². The van der Waals surface area contributed by atoms with E-state index in [2.05, 4.69) is 10.3 Å². The maximum Gasteiger partial charge on any atom is 0.228 e. The van der Waals surface area contributed by atoms with Gasteiger partial charge in [-0.1, -0.05) is 35.3 Å². The highest BCUT2D eigenvalue weighted by Crippen LogP contribution is 2.29. The Morgan fingerprint density at radius 1 is 1.04 bits per heavy atom. The van der Waals surface area contributed by atoms with Crippen molar-refractivity contribution in [3.05, 3.63) is 76.4 Å². The van der Waals surface area contributed by atoms with Crippen LogP contribution in [0.5, 0.6) is 0 Å². The zero-order valence-electron chi connectivity index (χ0n) is 14.8. The number of nitrogens with zero attached hydrogens (tertiary/aromatic N) is 1. The van der Waals surface area contributed by atoms with Gasteiger partial charge in [0.2, 0.25) is 5.91 Å². The van der Waals surface area contributed by atoms with Gasteiger partial charge in [-0.15, -0.1) is 0 Å². The number of hydrogen-bond donors (Lipinski definition) is 1. The molecule has 0 atom stereocenters. The van der Waals surface area contributed by atoms with Gasteiger partial charge in [-0.25, -0.2) is 8.42 Å². The van der Waals surface area contributed by atoms with E-state index in [4.69, 9.17) is 23.2 Å². The Morgan fingerprint density at radius 3 is 2.46 bits per heavy atom. The van der Waals surface area contributed by atoms with E-state index < -0.39 is 9.84 Å². The highest BCUT2D eigenvalue weighted by atomic mass is 35.5. The SMILES string of the molecule is CS(=O)(=O)c1ccc(CC(=O)Nc2ccc(Cl)c(-c3ccccn3)c2)c(Cl)c1. The van der Waals surface area contributed by atoms with Crippen LogP contribution < -0.4 is 5.32 Å². The molecule has 1 heterocycles. The van der Waals surface area contributed by atoms with Crippen LogP contribution in [-0.4, -0.2) is 25.6 Å². The van der Waals surface area contributed by atoms with E-state index >= 15 is 0 Å². The van der Waals surface area contributed by atoms with E-state index in [1.807, 2.05) is 18.2 Å². The van der Waals surface area contributed by atoms with Gasteiger partial charge in [-0.05, 0) is 48.0 Å². The van der Waals surface area contributed by atoms with E-state index in [1.54, 1.807) is 30.5 Å². The number of nitrogens with one attached hydrogen (secondary N) is 1. The lowest BCUT2D eigenvalue weighted by Crippen LogP contribution is -2.15.